The van der Waals surface area contributed by atoms with E-state index in [1.807, 2.05) is 0 Å². The summed E-state index contributed by atoms with van der Waals surface area (Å²) in [4.78, 5) is 10.7. The van der Waals surface area contributed by atoms with E-state index in [-0.39, 0.29) is 11.5 Å². The first-order valence-corrected chi connectivity index (χ1v) is 5.61. The lowest BCUT2D eigenvalue weighted by Gasteiger charge is -2.22. The highest BCUT2D eigenvalue weighted by Gasteiger charge is 2.31. The van der Waals surface area contributed by atoms with Crippen molar-refractivity contribution in [3.63, 3.8) is 0 Å². The maximum atomic E-state index is 10.7. The molecule has 1 unspecified atom stereocenters. The second-order valence-electron chi connectivity index (χ2n) is 4.02. The number of rotatable bonds is 3. The largest absolute Gasteiger partial charge is 0.475 e. The number of hydrogen-bond donors (Lipinski definition) is 2. The van der Waals surface area contributed by atoms with Crippen LogP contribution in [0, 0.1) is 0 Å². The number of aliphatic hydroxyl groups is 1. The summed E-state index contributed by atoms with van der Waals surface area (Å²) in [5.74, 6) is -1.28. The van der Waals surface area contributed by atoms with Gasteiger partial charge in [0.1, 0.15) is 11.4 Å². The summed E-state index contributed by atoms with van der Waals surface area (Å²) in [7, 11) is 0. The molecule has 0 aliphatic rings. The monoisotopic (exact) mass is 266 g/mol. The predicted octanol–water partition coefficient (Wildman–Crippen LogP) is 2.89. The minimum Gasteiger partial charge on any atom is -0.475 e. The Hall–Kier alpha value is -1.78. The summed E-state index contributed by atoms with van der Waals surface area (Å²) in [5.41, 5.74) is -1.02. The first-order valence-electron chi connectivity index (χ1n) is 5.24. The normalized spacial score (nSPS) is 14.2. The van der Waals surface area contributed by atoms with E-state index in [0.717, 1.165) is 0 Å². The third-order valence-corrected chi connectivity index (χ3v) is 3.02. The standard InChI is InChI=1S/C13H11ClO4/c1-13(17,8-4-2-3-5-9(8)14)11-7-6-10(18-11)12(15)16/h2-7,17H,1H3,(H,15,16). The molecule has 5 heteroatoms. The second kappa shape index (κ2) is 4.48. The van der Waals surface area contributed by atoms with Gasteiger partial charge in [-0.2, -0.15) is 0 Å². The van der Waals surface area contributed by atoms with Crippen LogP contribution >= 0.6 is 11.6 Å². The lowest BCUT2D eigenvalue weighted by molar-refractivity contribution is 0.0602. The van der Waals surface area contributed by atoms with Gasteiger partial charge in [-0.3, -0.25) is 0 Å². The molecule has 94 valence electrons. The molecule has 1 aromatic heterocycles. The lowest BCUT2D eigenvalue weighted by atomic mass is 9.93. The Kier molecular flexibility index (Phi) is 3.15. The summed E-state index contributed by atoms with van der Waals surface area (Å²) in [6, 6.07) is 9.50. The fourth-order valence-corrected chi connectivity index (χ4v) is 2.02. The fraction of sp³-hybridized carbons (Fsp3) is 0.154. The van der Waals surface area contributed by atoms with Crippen molar-refractivity contribution in [1.29, 1.82) is 0 Å². The average Bonchev–Trinajstić information content (AvgIpc) is 2.79. The van der Waals surface area contributed by atoms with Gasteiger partial charge in [0, 0.05) is 10.6 Å². The van der Waals surface area contributed by atoms with Crippen LogP contribution in [0.15, 0.2) is 40.8 Å². The van der Waals surface area contributed by atoms with Crippen LogP contribution in [0.3, 0.4) is 0 Å². The summed E-state index contributed by atoms with van der Waals surface area (Å²) in [5, 5.41) is 19.6. The van der Waals surface area contributed by atoms with Gasteiger partial charge in [0.05, 0.1) is 0 Å². The first-order chi connectivity index (χ1) is 8.43. The Morgan fingerprint density at radius 2 is 1.94 bits per heavy atom. The zero-order valence-electron chi connectivity index (χ0n) is 9.55. The van der Waals surface area contributed by atoms with Crippen molar-refractivity contribution < 1.29 is 19.4 Å². The minimum atomic E-state index is -1.48. The molecule has 4 nitrogen and oxygen atoms in total. The molecule has 0 amide bonds. The smallest absolute Gasteiger partial charge is 0.371 e. The van der Waals surface area contributed by atoms with E-state index >= 15 is 0 Å². The van der Waals surface area contributed by atoms with E-state index in [0.29, 0.717) is 10.6 Å². The molecular weight excluding hydrogens is 256 g/mol. The van der Waals surface area contributed by atoms with Crippen LogP contribution in [0.4, 0.5) is 0 Å². The van der Waals surface area contributed by atoms with Gasteiger partial charge in [0.2, 0.25) is 5.76 Å². The van der Waals surface area contributed by atoms with Crippen LogP contribution in [0.5, 0.6) is 0 Å². The number of hydrogen-bond acceptors (Lipinski definition) is 3. The van der Waals surface area contributed by atoms with E-state index in [1.54, 1.807) is 24.3 Å². The summed E-state index contributed by atoms with van der Waals surface area (Å²) in [6.45, 7) is 1.50. The van der Waals surface area contributed by atoms with Gasteiger partial charge in [-0.05, 0) is 25.1 Å². The third-order valence-electron chi connectivity index (χ3n) is 2.69. The second-order valence-corrected chi connectivity index (χ2v) is 4.43. The van der Waals surface area contributed by atoms with E-state index in [1.165, 1.54) is 19.1 Å². The molecule has 2 rings (SSSR count). The van der Waals surface area contributed by atoms with Crippen LogP contribution in [0.1, 0.15) is 28.8 Å². The molecule has 0 saturated carbocycles. The van der Waals surface area contributed by atoms with Gasteiger partial charge >= 0.3 is 5.97 Å². The molecule has 1 aromatic carbocycles. The maximum absolute atomic E-state index is 10.7. The SMILES string of the molecule is CC(O)(c1ccc(C(=O)O)o1)c1ccccc1Cl. The highest BCUT2D eigenvalue weighted by molar-refractivity contribution is 6.31. The molecule has 0 bridgehead atoms. The van der Waals surface area contributed by atoms with Crippen LogP contribution in [-0.4, -0.2) is 16.2 Å². The van der Waals surface area contributed by atoms with Gasteiger partial charge < -0.3 is 14.6 Å². The van der Waals surface area contributed by atoms with Gasteiger partial charge in [0.25, 0.3) is 0 Å². The van der Waals surface area contributed by atoms with Crippen molar-refractivity contribution in [1.82, 2.24) is 0 Å². The van der Waals surface area contributed by atoms with Crippen molar-refractivity contribution >= 4 is 17.6 Å². The zero-order chi connectivity index (χ0) is 13.3. The van der Waals surface area contributed by atoms with Crippen LogP contribution in [-0.2, 0) is 5.60 Å². The number of aromatic carboxylic acids is 1. The van der Waals surface area contributed by atoms with Gasteiger partial charge in [-0.1, -0.05) is 29.8 Å². The Morgan fingerprint density at radius 1 is 1.28 bits per heavy atom. The van der Waals surface area contributed by atoms with E-state index in [2.05, 4.69) is 0 Å². The molecule has 0 spiro atoms. The number of carboxylic acid groups (broad SMARTS) is 1. The highest BCUT2D eigenvalue weighted by Crippen LogP contribution is 2.34. The molecule has 0 fully saturated rings. The molecule has 18 heavy (non-hydrogen) atoms. The van der Waals surface area contributed by atoms with Crippen molar-refractivity contribution in [2.45, 2.75) is 12.5 Å². The number of halogens is 1. The lowest BCUT2D eigenvalue weighted by Crippen LogP contribution is -2.22. The maximum Gasteiger partial charge on any atom is 0.371 e. The molecular formula is C13H11ClO4. The molecule has 0 radical (unpaired) electrons. The van der Waals surface area contributed by atoms with E-state index in [4.69, 9.17) is 21.1 Å². The number of carboxylic acids is 1. The molecule has 0 aliphatic carbocycles. The van der Waals surface area contributed by atoms with Crippen LogP contribution in [0.2, 0.25) is 5.02 Å². The van der Waals surface area contributed by atoms with Crippen LogP contribution < -0.4 is 0 Å². The Bertz CT molecular complexity index is 586. The Labute approximate surface area is 108 Å². The number of carbonyl (C=O) groups is 1. The number of benzene rings is 1. The van der Waals surface area contributed by atoms with Crippen molar-refractivity contribution in [3.8, 4) is 0 Å². The predicted molar refractivity (Wildman–Crippen MR) is 65.8 cm³/mol. The number of furan rings is 1. The Balaban J connectivity index is 2.47. The minimum absolute atomic E-state index is 0.132. The van der Waals surface area contributed by atoms with E-state index < -0.39 is 11.6 Å². The van der Waals surface area contributed by atoms with Crippen molar-refractivity contribution in [2.24, 2.45) is 0 Å². The van der Waals surface area contributed by atoms with Crippen molar-refractivity contribution in [3.05, 3.63) is 58.5 Å². The first kappa shape index (κ1) is 12.7. The highest BCUT2D eigenvalue weighted by atomic mass is 35.5. The molecule has 0 saturated heterocycles. The van der Waals surface area contributed by atoms with Crippen LogP contribution in [0.25, 0.3) is 0 Å². The van der Waals surface area contributed by atoms with Crippen molar-refractivity contribution in [2.75, 3.05) is 0 Å². The molecule has 1 heterocycles. The topological polar surface area (TPSA) is 70.7 Å². The summed E-state index contributed by atoms with van der Waals surface area (Å²) >= 11 is 6.01. The fourth-order valence-electron chi connectivity index (χ4n) is 1.70. The molecule has 2 aromatic rings. The van der Waals surface area contributed by atoms with Gasteiger partial charge in [-0.25, -0.2) is 4.79 Å². The molecule has 2 N–H and O–H groups in total. The van der Waals surface area contributed by atoms with Gasteiger partial charge in [0.15, 0.2) is 0 Å². The molecule has 0 aliphatic heterocycles. The summed E-state index contributed by atoms with van der Waals surface area (Å²) in [6.07, 6.45) is 0. The van der Waals surface area contributed by atoms with Gasteiger partial charge in [-0.15, -0.1) is 0 Å². The Morgan fingerprint density at radius 3 is 2.50 bits per heavy atom. The zero-order valence-corrected chi connectivity index (χ0v) is 10.3. The summed E-state index contributed by atoms with van der Waals surface area (Å²) < 4.78 is 5.11. The quantitative estimate of drug-likeness (QED) is 0.896. The molecule has 1 atom stereocenters. The average molecular weight is 267 g/mol. The van der Waals surface area contributed by atoms with E-state index in [9.17, 15) is 9.90 Å². The third kappa shape index (κ3) is 2.12.